The molecule has 0 bridgehead atoms. The van der Waals surface area contributed by atoms with Crippen molar-refractivity contribution in [1.29, 1.82) is 0 Å². The van der Waals surface area contributed by atoms with Crippen LogP contribution in [0, 0.1) is 6.92 Å². The number of nitrogens with one attached hydrogen (secondary N) is 2. The largest absolute Gasteiger partial charge is 0.314 e. The summed E-state index contributed by atoms with van der Waals surface area (Å²) in [5.41, 5.74) is 2.71. The highest BCUT2D eigenvalue weighted by Gasteiger charge is 2.12. The molecule has 0 amide bonds. The molecule has 78 valence electrons. The van der Waals surface area contributed by atoms with Gasteiger partial charge in [-0.3, -0.25) is 0 Å². The maximum absolute atomic E-state index is 3.49. The average molecular weight is 213 g/mol. The Labute approximate surface area is 91.5 Å². The van der Waals surface area contributed by atoms with Gasteiger partial charge in [-0.2, -0.15) is 0 Å². The fourth-order valence-corrected chi connectivity index (χ4v) is 1.69. The van der Waals surface area contributed by atoms with Crippen LogP contribution in [0.5, 0.6) is 0 Å². The first kappa shape index (κ1) is 11.5. The highest BCUT2D eigenvalue weighted by Crippen LogP contribution is 2.13. The Morgan fingerprint density at radius 3 is 2.43 bits per heavy atom. The van der Waals surface area contributed by atoms with Gasteiger partial charge in [0.05, 0.1) is 0 Å². The van der Waals surface area contributed by atoms with E-state index in [0.717, 1.165) is 19.6 Å². The van der Waals surface area contributed by atoms with E-state index in [1.807, 2.05) is 0 Å². The van der Waals surface area contributed by atoms with Gasteiger partial charge in [0.25, 0.3) is 0 Å². The second-order valence-corrected chi connectivity index (χ2v) is 3.62. The standard InChI is InChI=1S/C11H16N2.ClH/c1-9-2-4-10(5-3-9)11-8-12-6-7-13-11;/h2-5,11-13H,6-8H2,1H3;1H/t11-;/m1./s1. The number of hydrogen-bond acceptors (Lipinski definition) is 2. The van der Waals surface area contributed by atoms with Crippen LogP contribution in [0.25, 0.3) is 0 Å². The summed E-state index contributed by atoms with van der Waals surface area (Å²) in [5.74, 6) is 0. The maximum atomic E-state index is 3.49. The molecular weight excluding hydrogens is 196 g/mol. The van der Waals surface area contributed by atoms with Crippen LogP contribution in [0.15, 0.2) is 24.3 Å². The summed E-state index contributed by atoms with van der Waals surface area (Å²) in [6, 6.07) is 9.26. The SMILES string of the molecule is Cc1ccc([C@H]2CNCCN2)cc1.Cl. The lowest BCUT2D eigenvalue weighted by Gasteiger charge is -2.24. The van der Waals surface area contributed by atoms with Gasteiger partial charge < -0.3 is 10.6 Å². The van der Waals surface area contributed by atoms with Gasteiger partial charge in [0.15, 0.2) is 0 Å². The molecule has 14 heavy (non-hydrogen) atoms. The summed E-state index contributed by atoms with van der Waals surface area (Å²) in [6.07, 6.45) is 0. The van der Waals surface area contributed by atoms with Crippen LogP contribution in [0.4, 0.5) is 0 Å². The molecule has 1 aliphatic rings. The number of hydrogen-bond donors (Lipinski definition) is 2. The minimum Gasteiger partial charge on any atom is -0.314 e. The summed E-state index contributed by atoms with van der Waals surface area (Å²) < 4.78 is 0. The fraction of sp³-hybridized carbons (Fsp3) is 0.455. The maximum Gasteiger partial charge on any atom is 0.0447 e. The molecule has 0 spiro atoms. The molecule has 1 aromatic rings. The van der Waals surface area contributed by atoms with Crippen molar-refractivity contribution >= 4 is 12.4 Å². The third kappa shape index (κ3) is 2.71. The molecule has 0 unspecified atom stereocenters. The predicted octanol–water partition coefficient (Wildman–Crippen LogP) is 1.65. The van der Waals surface area contributed by atoms with E-state index in [1.54, 1.807) is 0 Å². The lowest BCUT2D eigenvalue weighted by atomic mass is 10.0. The smallest absolute Gasteiger partial charge is 0.0447 e. The third-order valence-electron chi connectivity index (χ3n) is 2.52. The van der Waals surface area contributed by atoms with Crippen molar-refractivity contribution in [2.45, 2.75) is 13.0 Å². The van der Waals surface area contributed by atoms with Crippen molar-refractivity contribution in [3.8, 4) is 0 Å². The zero-order valence-electron chi connectivity index (χ0n) is 8.42. The summed E-state index contributed by atoms with van der Waals surface area (Å²) >= 11 is 0. The highest BCUT2D eigenvalue weighted by molar-refractivity contribution is 5.85. The quantitative estimate of drug-likeness (QED) is 0.740. The van der Waals surface area contributed by atoms with Gasteiger partial charge in [0, 0.05) is 25.7 Å². The molecule has 2 nitrogen and oxygen atoms in total. The van der Waals surface area contributed by atoms with Crippen molar-refractivity contribution in [1.82, 2.24) is 10.6 Å². The minimum absolute atomic E-state index is 0. The Morgan fingerprint density at radius 1 is 1.14 bits per heavy atom. The van der Waals surface area contributed by atoms with Crippen LogP contribution in [-0.2, 0) is 0 Å². The van der Waals surface area contributed by atoms with E-state index in [-0.39, 0.29) is 12.4 Å². The molecule has 0 aliphatic carbocycles. The third-order valence-corrected chi connectivity index (χ3v) is 2.52. The molecule has 1 heterocycles. The topological polar surface area (TPSA) is 24.1 Å². The first-order valence-electron chi connectivity index (χ1n) is 4.87. The first-order valence-corrected chi connectivity index (χ1v) is 4.87. The zero-order chi connectivity index (χ0) is 9.10. The fourth-order valence-electron chi connectivity index (χ4n) is 1.69. The lowest BCUT2D eigenvalue weighted by molar-refractivity contribution is 0.430. The van der Waals surface area contributed by atoms with Gasteiger partial charge in [0.2, 0.25) is 0 Å². The number of aryl methyl sites for hydroxylation is 1. The second-order valence-electron chi connectivity index (χ2n) is 3.62. The van der Waals surface area contributed by atoms with Crippen molar-refractivity contribution in [2.75, 3.05) is 19.6 Å². The molecule has 0 aromatic heterocycles. The molecule has 1 atom stereocenters. The zero-order valence-corrected chi connectivity index (χ0v) is 9.23. The van der Waals surface area contributed by atoms with E-state index in [1.165, 1.54) is 11.1 Å². The molecule has 0 saturated carbocycles. The van der Waals surface area contributed by atoms with Crippen LogP contribution in [0.1, 0.15) is 17.2 Å². The van der Waals surface area contributed by atoms with E-state index in [0.29, 0.717) is 6.04 Å². The molecule has 0 radical (unpaired) electrons. The van der Waals surface area contributed by atoms with E-state index in [2.05, 4.69) is 41.8 Å². The Morgan fingerprint density at radius 2 is 1.86 bits per heavy atom. The van der Waals surface area contributed by atoms with E-state index < -0.39 is 0 Å². The average Bonchev–Trinajstić information content (AvgIpc) is 2.20. The molecular formula is C11H17ClN2. The van der Waals surface area contributed by atoms with Gasteiger partial charge in [-0.05, 0) is 12.5 Å². The Kier molecular flexibility index (Phi) is 4.39. The van der Waals surface area contributed by atoms with E-state index >= 15 is 0 Å². The minimum atomic E-state index is 0. The van der Waals surface area contributed by atoms with Crippen molar-refractivity contribution in [3.63, 3.8) is 0 Å². The summed E-state index contributed by atoms with van der Waals surface area (Å²) in [6.45, 7) is 5.32. The van der Waals surface area contributed by atoms with Crippen molar-refractivity contribution in [3.05, 3.63) is 35.4 Å². The number of piperazine rings is 1. The number of benzene rings is 1. The lowest BCUT2D eigenvalue weighted by Crippen LogP contribution is -2.42. The number of rotatable bonds is 1. The molecule has 2 N–H and O–H groups in total. The molecule has 1 aromatic carbocycles. The predicted molar refractivity (Wildman–Crippen MR) is 62.0 cm³/mol. The molecule has 1 saturated heterocycles. The van der Waals surface area contributed by atoms with Crippen molar-refractivity contribution < 1.29 is 0 Å². The Bertz CT molecular complexity index is 265. The summed E-state index contributed by atoms with van der Waals surface area (Å²) in [4.78, 5) is 0. The summed E-state index contributed by atoms with van der Waals surface area (Å²) in [5, 5.41) is 6.88. The normalized spacial score (nSPS) is 21.4. The Hall–Kier alpha value is -0.570. The monoisotopic (exact) mass is 212 g/mol. The highest BCUT2D eigenvalue weighted by atomic mass is 35.5. The molecule has 3 heteroatoms. The molecule has 1 fully saturated rings. The Balaban J connectivity index is 0.000000980. The van der Waals surface area contributed by atoms with Crippen molar-refractivity contribution in [2.24, 2.45) is 0 Å². The van der Waals surface area contributed by atoms with Crippen LogP contribution in [-0.4, -0.2) is 19.6 Å². The van der Waals surface area contributed by atoms with Gasteiger partial charge in [0.1, 0.15) is 0 Å². The molecule has 2 rings (SSSR count). The van der Waals surface area contributed by atoms with Crippen LogP contribution >= 0.6 is 12.4 Å². The van der Waals surface area contributed by atoms with Gasteiger partial charge in [-0.1, -0.05) is 29.8 Å². The van der Waals surface area contributed by atoms with Crippen LogP contribution in [0.2, 0.25) is 0 Å². The second kappa shape index (κ2) is 5.35. The summed E-state index contributed by atoms with van der Waals surface area (Å²) in [7, 11) is 0. The molecule has 1 aliphatic heterocycles. The van der Waals surface area contributed by atoms with Crippen LogP contribution in [0.3, 0.4) is 0 Å². The van der Waals surface area contributed by atoms with Gasteiger partial charge in [-0.25, -0.2) is 0 Å². The van der Waals surface area contributed by atoms with Gasteiger partial charge in [-0.15, -0.1) is 12.4 Å². The van der Waals surface area contributed by atoms with Crippen LogP contribution < -0.4 is 10.6 Å². The van der Waals surface area contributed by atoms with E-state index in [9.17, 15) is 0 Å². The van der Waals surface area contributed by atoms with E-state index in [4.69, 9.17) is 0 Å². The number of halogens is 1. The van der Waals surface area contributed by atoms with Gasteiger partial charge >= 0.3 is 0 Å². The first-order chi connectivity index (χ1) is 6.36.